The van der Waals surface area contributed by atoms with E-state index < -0.39 is 0 Å². The zero-order valence-electron chi connectivity index (χ0n) is 17.5. The molecular weight excluding hydrogens is 408 g/mol. The Balaban J connectivity index is 1.38. The second-order valence-corrected chi connectivity index (χ2v) is 7.87. The van der Waals surface area contributed by atoms with E-state index in [4.69, 9.17) is 16.3 Å². The van der Waals surface area contributed by atoms with E-state index in [-0.39, 0.29) is 5.78 Å². The van der Waals surface area contributed by atoms with Crippen molar-refractivity contribution in [2.75, 3.05) is 6.61 Å². The minimum absolute atomic E-state index is 0.0786. The van der Waals surface area contributed by atoms with Crippen LogP contribution in [0.25, 0.3) is 22.6 Å². The molecule has 3 aromatic carbocycles. The van der Waals surface area contributed by atoms with Gasteiger partial charge in [0.15, 0.2) is 5.78 Å². The van der Waals surface area contributed by atoms with E-state index in [1.165, 1.54) is 0 Å². The van der Waals surface area contributed by atoms with Crippen LogP contribution in [-0.4, -0.2) is 22.4 Å². The van der Waals surface area contributed by atoms with E-state index in [2.05, 4.69) is 9.97 Å². The summed E-state index contributed by atoms with van der Waals surface area (Å²) in [7, 11) is 0. The van der Waals surface area contributed by atoms with Gasteiger partial charge in [0, 0.05) is 22.6 Å². The minimum Gasteiger partial charge on any atom is -0.493 e. The summed E-state index contributed by atoms with van der Waals surface area (Å²) in [4.78, 5) is 19.4. The minimum atomic E-state index is 0.0786. The number of carbonyl (C=O) groups is 1. The van der Waals surface area contributed by atoms with Gasteiger partial charge in [0.2, 0.25) is 0 Å². The average Bonchev–Trinajstić information content (AvgIpc) is 3.17. The van der Waals surface area contributed by atoms with Gasteiger partial charge in [-0.1, -0.05) is 48.0 Å². The van der Waals surface area contributed by atoms with Crippen LogP contribution in [0, 0.1) is 6.92 Å². The number of Topliss-reactive ketones (excluding diaryl/α,β-unsaturated/α-hetero) is 1. The SMILES string of the molecule is CC(=O)c1ccc(CCOc2ccc(-c3nc(C)c(-c4ccc(Cl)cc4)[nH]3)cc2)cc1. The predicted octanol–water partition coefficient (Wildman–Crippen LogP) is 6.53. The van der Waals surface area contributed by atoms with Gasteiger partial charge >= 0.3 is 0 Å². The highest BCUT2D eigenvalue weighted by molar-refractivity contribution is 6.30. The summed E-state index contributed by atoms with van der Waals surface area (Å²) in [5, 5.41) is 0.713. The fourth-order valence-electron chi connectivity index (χ4n) is 3.40. The van der Waals surface area contributed by atoms with Crippen LogP contribution >= 0.6 is 11.6 Å². The Morgan fingerprint density at radius 1 is 0.935 bits per heavy atom. The first-order valence-electron chi connectivity index (χ1n) is 10.2. The summed E-state index contributed by atoms with van der Waals surface area (Å²) < 4.78 is 5.88. The molecule has 156 valence electrons. The number of carbonyl (C=O) groups excluding carboxylic acids is 1. The molecule has 0 aliphatic heterocycles. The first-order chi connectivity index (χ1) is 15.0. The van der Waals surface area contributed by atoms with Crippen LogP contribution < -0.4 is 4.74 Å². The first kappa shape index (κ1) is 20.9. The lowest BCUT2D eigenvalue weighted by Gasteiger charge is -2.07. The maximum atomic E-state index is 11.4. The summed E-state index contributed by atoms with van der Waals surface area (Å²) in [5.41, 5.74) is 5.85. The van der Waals surface area contributed by atoms with Crippen molar-refractivity contribution in [3.63, 3.8) is 0 Å². The summed E-state index contributed by atoms with van der Waals surface area (Å²) in [6.45, 7) is 4.13. The van der Waals surface area contributed by atoms with Crippen molar-refractivity contribution >= 4 is 17.4 Å². The van der Waals surface area contributed by atoms with Gasteiger partial charge in [-0.25, -0.2) is 4.98 Å². The Morgan fingerprint density at radius 3 is 2.23 bits per heavy atom. The fourth-order valence-corrected chi connectivity index (χ4v) is 3.52. The summed E-state index contributed by atoms with van der Waals surface area (Å²) in [6.07, 6.45) is 0.780. The van der Waals surface area contributed by atoms with Crippen molar-refractivity contribution in [1.29, 1.82) is 0 Å². The quantitative estimate of drug-likeness (QED) is 0.339. The largest absolute Gasteiger partial charge is 0.493 e. The van der Waals surface area contributed by atoms with Crippen molar-refractivity contribution in [2.45, 2.75) is 20.3 Å². The van der Waals surface area contributed by atoms with Gasteiger partial charge in [0.25, 0.3) is 0 Å². The van der Waals surface area contributed by atoms with Crippen molar-refractivity contribution in [2.24, 2.45) is 0 Å². The van der Waals surface area contributed by atoms with E-state index >= 15 is 0 Å². The number of aromatic nitrogens is 2. The molecule has 0 aliphatic rings. The molecule has 0 saturated heterocycles. The monoisotopic (exact) mass is 430 g/mol. The third kappa shape index (κ3) is 5.04. The number of nitrogens with zero attached hydrogens (tertiary/aromatic N) is 1. The van der Waals surface area contributed by atoms with Crippen LogP contribution in [-0.2, 0) is 6.42 Å². The number of ketones is 1. The maximum absolute atomic E-state index is 11.4. The Kier molecular flexibility index (Phi) is 6.19. The zero-order valence-corrected chi connectivity index (χ0v) is 18.2. The molecule has 0 atom stereocenters. The number of hydrogen-bond acceptors (Lipinski definition) is 3. The zero-order chi connectivity index (χ0) is 21.8. The second kappa shape index (κ2) is 9.19. The number of rotatable bonds is 7. The molecule has 31 heavy (non-hydrogen) atoms. The predicted molar refractivity (Wildman–Crippen MR) is 125 cm³/mol. The topological polar surface area (TPSA) is 55.0 Å². The smallest absolute Gasteiger partial charge is 0.159 e. The van der Waals surface area contributed by atoms with Gasteiger partial charge in [0.1, 0.15) is 11.6 Å². The molecule has 0 aliphatic carbocycles. The first-order valence-corrected chi connectivity index (χ1v) is 10.5. The lowest BCUT2D eigenvalue weighted by Crippen LogP contribution is -2.02. The van der Waals surface area contributed by atoms with Crippen molar-refractivity contribution in [3.8, 4) is 28.4 Å². The van der Waals surface area contributed by atoms with E-state index in [0.717, 1.165) is 51.6 Å². The van der Waals surface area contributed by atoms with Crippen LogP contribution in [0.5, 0.6) is 5.75 Å². The molecule has 4 rings (SSSR count). The molecular formula is C26H23ClN2O2. The van der Waals surface area contributed by atoms with Crippen molar-refractivity contribution in [1.82, 2.24) is 9.97 Å². The number of ether oxygens (including phenoxy) is 1. The molecule has 0 radical (unpaired) electrons. The van der Waals surface area contributed by atoms with Crippen LogP contribution in [0.4, 0.5) is 0 Å². The molecule has 1 N–H and O–H groups in total. The molecule has 4 aromatic rings. The molecule has 0 saturated carbocycles. The number of hydrogen-bond donors (Lipinski definition) is 1. The maximum Gasteiger partial charge on any atom is 0.159 e. The molecule has 0 bridgehead atoms. The normalized spacial score (nSPS) is 10.8. The Hall–Kier alpha value is -3.37. The number of nitrogens with one attached hydrogen (secondary N) is 1. The molecule has 0 spiro atoms. The van der Waals surface area contributed by atoms with Gasteiger partial charge in [-0.05, 0) is 61.4 Å². The highest BCUT2D eigenvalue weighted by Gasteiger charge is 2.10. The van der Waals surface area contributed by atoms with Gasteiger partial charge in [-0.3, -0.25) is 4.79 Å². The van der Waals surface area contributed by atoms with Crippen LogP contribution in [0.3, 0.4) is 0 Å². The Morgan fingerprint density at radius 2 is 1.58 bits per heavy atom. The Bertz CT molecular complexity index is 1180. The highest BCUT2D eigenvalue weighted by atomic mass is 35.5. The third-order valence-corrected chi connectivity index (χ3v) is 5.42. The van der Waals surface area contributed by atoms with Gasteiger partial charge in [-0.15, -0.1) is 0 Å². The number of aromatic amines is 1. The van der Waals surface area contributed by atoms with Crippen molar-refractivity contribution < 1.29 is 9.53 Å². The lowest BCUT2D eigenvalue weighted by atomic mass is 10.1. The number of benzene rings is 3. The molecule has 4 nitrogen and oxygen atoms in total. The van der Waals surface area contributed by atoms with Gasteiger partial charge < -0.3 is 9.72 Å². The third-order valence-electron chi connectivity index (χ3n) is 5.17. The highest BCUT2D eigenvalue weighted by Crippen LogP contribution is 2.27. The lowest BCUT2D eigenvalue weighted by molar-refractivity contribution is 0.101. The molecule has 1 heterocycles. The van der Waals surface area contributed by atoms with Crippen molar-refractivity contribution in [3.05, 3.63) is 94.6 Å². The summed E-state index contributed by atoms with van der Waals surface area (Å²) in [6, 6.07) is 23.3. The number of halogens is 1. The second-order valence-electron chi connectivity index (χ2n) is 7.43. The number of aryl methyl sites for hydroxylation is 1. The van der Waals surface area contributed by atoms with Crippen LogP contribution in [0.15, 0.2) is 72.8 Å². The van der Waals surface area contributed by atoms with E-state index in [1.807, 2.05) is 79.7 Å². The molecule has 1 aromatic heterocycles. The Labute approximate surface area is 186 Å². The van der Waals surface area contributed by atoms with Gasteiger partial charge in [0.05, 0.1) is 18.0 Å². The van der Waals surface area contributed by atoms with Crippen LogP contribution in [0.2, 0.25) is 5.02 Å². The average molecular weight is 431 g/mol. The molecule has 5 heteroatoms. The van der Waals surface area contributed by atoms with Gasteiger partial charge in [-0.2, -0.15) is 0 Å². The summed E-state index contributed by atoms with van der Waals surface area (Å²) in [5.74, 6) is 1.71. The molecule has 0 unspecified atom stereocenters. The fraction of sp³-hybridized carbons (Fsp3) is 0.154. The van der Waals surface area contributed by atoms with E-state index in [1.54, 1.807) is 6.92 Å². The molecule has 0 amide bonds. The van der Waals surface area contributed by atoms with Crippen LogP contribution in [0.1, 0.15) is 28.5 Å². The van der Waals surface area contributed by atoms with E-state index in [0.29, 0.717) is 11.6 Å². The number of imidazole rings is 1. The molecule has 0 fully saturated rings. The number of H-pyrrole nitrogens is 1. The standard InChI is InChI=1S/C26H23ClN2O2/c1-17-25(21-7-11-23(27)12-8-21)29-26(28-17)22-9-13-24(14-10-22)31-16-15-19-3-5-20(6-4-19)18(2)30/h3-14H,15-16H2,1-2H3,(H,28,29). The van der Waals surface area contributed by atoms with E-state index in [9.17, 15) is 4.79 Å². The summed E-state index contributed by atoms with van der Waals surface area (Å²) >= 11 is 5.99.